The highest BCUT2D eigenvalue weighted by Crippen LogP contribution is 2.33. The smallest absolute Gasteiger partial charge is 0.305 e. The molecule has 0 spiro atoms. The van der Waals surface area contributed by atoms with Crippen LogP contribution in [0.25, 0.3) is 0 Å². The van der Waals surface area contributed by atoms with Crippen LogP contribution >= 0.6 is 0 Å². The highest BCUT2D eigenvalue weighted by Gasteiger charge is 2.23. The van der Waals surface area contributed by atoms with Crippen LogP contribution < -0.4 is 9.47 Å². The molecule has 2 rings (SSSR count). The van der Waals surface area contributed by atoms with E-state index >= 15 is 0 Å². The Morgan fingerprint density at radius 3 is 1.55 bits per heavy atom. The lowest BCUT2D eigenvalue weighted by atomic mass is 9.78. The van der Waals surface area contributed by atoms with Crippen LogP contribution in [0.5, 0.6) is 11.5 Å². The SMILES string of the molecule is CC(C)CC(O)COc1ccc(C(C)(C)c2ccc(OCC(O)COC(=O)CCCCCCCCCCC(=O)O)cc2)cc1. The van der Waals surface area contributed by atoms with Crippen molar-refractivity contribution in [1.29, 1.82) is 0 Å². The molecular formula is C36H54O8. The Kier molecular flexibility index (Phi) is 16.9. The van der Waals surface area contributed by atoms with Gasteiger partial charge in [0.15, 0.2) is 0 Å². The number of unbranched alkanes of at least 4 members (excludes halogenated alkanes) is 7. The van der Waals surface area contributed by atoms with Gasteiger partial charge in [-0.15, -0.1) is 0 Å². The molecule has 0 aromatic heterocycles. The summed E-state index contributed by atoms with van der Waals surface area (Å²) in [5.41, 5.74) is 1.98. The summed E-state index contributed by atoms with van der Waals surface area (Å²) in [7, 11) is 0. The molecule has 0 amide bonds. The zero-order valence-corrected chi connectivity index (χ0v) is 27.1. The first-order valence-electron chi connectivity index (χ1n) is 16.2. The van der Waals surface area contributed by atoms with Gasteiger partial charge in [0.2, 0.25) is 0 Å². The molecule has 44 heavy (non-hydrogen) atoms. The van der Waals surface area contributed by atoms with E-state index in [1.807, 2.05) is 48.5 Å². The molecule has 2 atom stereocenters. The summed E-state index contributed by atoms with van der Waals surface area (Å²) in [6.45, 7) is 8.65. The first-order chi connectivity index (χ1) is 21.0. The molecule has 8 nitrogen and oxygen atoms in total. The van der Waals surface area contributed by atoms with Crippen LogP contribution in [0.3, 0.4) is 0 Å². The molecule has 0 radical (unpaired) electrons. The molecule has 0 heterocycles. The predicted octanol–water partition coefficient (Wildman–Crippen LogP) is 7.07. The van der Waals surface area contributed by atoms with E-state index in [0.29, 0.717) is 24.5 Å². The van der Waals surface area contributed by atoms with Crippen molar-refractivity contribution in [1.82, 2.24) is 0 Å². The lowest BCUT2D eigenvalue weighted by Crippen LogP contribution is -2.25. The van der Waals surface area contributed by atoms with Crippen LogP contribution in [-0.4, -0.2) is 59.3 Å². The van der Waals surface area contributed by atoms with Gasteiger partial charge in [0.1, 0.15) is 37.4 Å². The molecule has 2 aromatic rings. The number of hydrogen-bond acceptors (Lipinski definition) is 7. The van der Waals surface area contributed by atoms with Gasteiger partial charge in [-0.25, -0.2) is 0 Å². The minimum absolute atomic E-state index is 0.0236. The number of carboxylic acids is 1. The molecule has 8 heteroatoms. The number of hydrogen-bond donors (Lipinski definition) is 3. The second kappa shape index (κ2) is 20.0. The maximum absolute atomic E-state index is 12.0. The van der Waals surface area contributed by atoms with Crippen LogP contribution in [0.2, 0.25) is 0 Å². The molecule has 2 aromatic carbocycles. The summed E-state index contributed by atoms with van der Waals surface area (Å²) in [5.74, 6) is 0.730. The topological polar surface area (TPSA) is 123 Å². The summed E-state index contributed by atoms with van der Waals surface area (Å²) in [5, 5.41) is 28.9. The van der Waals surface area contributed by atoms with Crippen LogP contribution in [0.1, 0.15) is 109 Å². The van der Waals surface area contributed by atoms with Crippen molar-refractivity contribution in [2.24, 2.45) is 5.92 Å². The van der Waals surface area contributed by atoms with Crippen LogP contribution in [0.4, 0.5) is 0 Å². The van der Waals surface area contributed by atoms with Gasteiger partial charge in [-0.05, 0) is 60.6 Å². The Balaban J connectivity index is 1.64. The summed E-state index contributed by atoms with van der Waals surface area (Å²) >= 11 is 0. The molecule has 0 saturated carbocycles. The molecule has 2 unspecified atom stereocenters. The van der Waals surface area contributed by atoms with Crippen molar-refractivity contribution in [3.8, 4) is 11.5 Å². The van der Waals surface area contributed by atoms with Crippen LogP contribution in [-0.2, 0) is 19.7 Å². The van der Waals surface area contributed by atoms with Crippen molar-refractivity contribution in [3.63, 3.8) is 0 Å². The summed E-state index contributed by atoms with van der Waals surface area (Å²) in [4.78, 5) is 22.5. The molecule has 3 N–H and O–H groups in total. The van der Waals surface area contributed by atoms with Gasteiger partial charge in [-0.2, -0.15) is 0 Å². The lowest BCUT2D eigenvalue weighted by molar-refractivity contribution is -0.147. The number of rotatable bonds is 23. The standard InChI is InChI=1S/C36H54O8/c1-27(2)23-30(37)24-42-32-19-15-28(16-20-32)36(3,4)29-17-21-33(22-18-29)43-25-31(38)26-44-35(41)14-12-10-8-6-5-7-9-11-13-34(39)40/h15-22,27,30-31,37-38H,5-14,23-26H2,1-4H3,(H,39,40). The van der Waals surface area contributed by atoms with E-state index in [1.54, 1.807) is 0 Å². The molecule has 0 saturated heterocycles. The van der Waals surface area contributed by atoms with E-state index in [1.165, 1.54) is 0 Å². The van der Waals surface area contributed by atoms with Crippen molar-refractivity contribution in [3.05, 3.63) is 59.7 Å². The van der Waals surface area contributed by atoms with Crippen molar-refractivity contribution >= 4 is 11.9 Å². The third-order valence-corrected chi connectivity index (χ3v) is 7.74. The lowest BCUT2D eigenvalue weighted by Gasteiger charge is -2.26. The average Bonchev–Trinajstić information content (AvgIpc) is 2.98. The van der Waals surface area contributed by atoms with Crippen LogP contribution in [0, 0.1) is 5.92 Å². The maximum Gasteiger partial charge on any atom is 0.305 e. The van der Waals surface area contributed by atoms with E-state index in [2.05, 4.69) is 27.7 Å². The number of carbonyl (C=O) groups excluding carboxylic acids is 1. The molecule has 0 fully saturated rings. The largest absolute Gasteiger partial charge is 0.491 e. The average molecular weight is 615 g/mol. The fraction of sp³-hybridized carbons (Fsp3) is 0.611. The third-order valence-electron chi connectivity index (χ3n) is 7.74. The normalized spacial score (nSPS) is 13.0. The molecule has 246 valence electrons. The zero-order chi connectivity index (χ0) is 32.4. The number of aliphatic hydroxyl groups excluding tert-OH is 2. The number of ether oxygens (including phenoxy) is 3. The monoisotopic (exact) mass is 614 g/mol. The fourth-order valence-electron chi connectivity index (χ4n) is 5.01. The molecule has 0 bridgehead atoms. The van der Waals surface area contributed by atoms with Gasteiger partial charge in [0.25, 0.3) is 0 Å². The van der Waals surface area contributed by atoms with E-state index in [4.69, 9.17) is 19.3 Å². The van der Waals surface area contributed by atoms with E-state index in [-0.39, 0.29) is 37.6 Å². The van der Waals surface area contributed by atoms with Gasteiger partial charge in [-0.3, -0.25) is 9.59 Å². The summed E-state index contributed by atoms with van der Waals surface area (Å²) in [6, 6.07) is 15.7. The van der Waals surface area contributed by atoms with Gasteiger partial charge >= 0.3 is 11.9 Å². The van der Waals surface area contributed by atoms with Crippen LogP contribution in [0.15, 0.2) is 48.5 Å². The molecule has 0 aliphatic rings. The first kappa shape index (κ1) is 37.1. The zero-order valence-electron chi connectivity index (χ0n) is 27.1. The molecule has 0 aliphatic carbocycles. The van der Waals surface area contributed by atoms with Gasteiger partial charge < -0.3 is 29.5 Å². The Hall–Kier alpha value is -3.10. The Morgan fingerprint density at radius 2 is 1.09 bits per heavy atom. The highest BCUT2D eigenvalue weighted by atomic mass is 16.5. The number of esters is 1. The van der Waals surface area contributed by atoms with Crippen molar-refractivity contribution < 1.29 is 39.1 Å². The number of carbonyl (C=O) groups is 2. The summed E-state index contributed by atoms with van der Waals surface area (Å²) < 4.78 is 16.7. The predicted molar refractivity (Wildman–Crippen MR) is 172 cm³/mol. The number of aliphatic hydroxyl groups is 2. The maximum atomic E-state index is 12.0. The summed E-state index contributed by atoms with van der Waals surface area (Å²) in [6.07, 6.45) is 7.57. The number of aliphatic carboxylic acids is 1. The Bertz CT molecular complexity index is 1080. The Labute approximate surface area is 263 Å². The van der Waals surface area contributed by atoms with E-state index in [9.17, 15) is 19.8 Å². The highest BCUT2D eigenvalue weighted by molar-refractivity contribution is 5.69. The fourth-order valence-corrected chi connectivity index (χ4v) is 5.01. The van der Waals surface area contributed by atoms with E-state index < -0.39 is 18.2 Å². The minimum Gasteiger partial charge on any atom is -0.491 e. The molecule has 0 aliphatic heterocycles. The molecular weight excluding hydrogens is 560 g/mol. The second-order valence-corrected chi connectivity index (χ2v) is 12.6. The second-order valence-electron chi connectivity index (χ2n) is 12.6. The van der Waals surface area contributed by atoms with Crippen molar-refractivity contribution in [2.75, 3.05) is 19.8 Å². The van der Waals surface area contributed by atoms with Gasteiger partial charge in [0, 0.05) is 18.3 Å². The van der Waals surface area contributed by atoms with Gasteiger partial charge in [0.05, 0.1) is 6.10 Å². The minimum atomic E-state index is -0.914. The Morgan fingerprint density at radius 1 is 0.659 bits per heavy atom. The number of benzene rings is 2. The third kappa shape index (κ3) is 15.1. The number of carboxylic acid groups (broad SMARTS) is 1. The van der Waals surface area contributed by atoms with Crippen molar-refractivity contribution in [2.45, 2.75) is 116 Å². The van der Waals surface area contributed by atoms with E-state index in [0.717, 1.165) is 68.2 Å². The van der Waals surface area contributed by atoms with Gasteiger partial charge in [-0.1, -0.05) is 90.5 Å². The first-order valence-corrected chi connectivity index (χ1v) is 16.2. The quantitative estimate of drug-likeness (QED) is 0.0898.